The molecular formula is C15H16N2O5S. The minimum Gasteiger partial charge on any atom is -0.494 e. The summed E-state index contributed by atoms with van der Waals surface area (Å²) in [7, 11) is -4.10. The summed E-state index contributed by atoms with van der Waals surface area (Å²) in [6.45, 7) is 3.77. The molecule has 0 amide bonds. The van der Waals surface area contributed by atoms with E-state index in [-0.39, 0.29) is 10.6 Å². The number of benzene rings is 2. The summed E-state index contributed by atoms with van der Waals surface area (Å²) >= 11 is 0. The van der Waals surface area contributed by atoms with Crippen molar-refractivity contribution in [2.45, 2.75) is 18.7 Å². The SMILES string of the molecule is CCOc1cccc(NS(=O)(=O)c2c(C)cccc2[N+](=O)[O-])c1. The smallest absolute Gasteiger partial charge is 0.290 e. The van der Waals surface area contributed by atoms with Crippen LogP contribution in [0.4, 0.5) is 11.4 Å². The van der Waals surface area contributed by atoms with E-state index >= 15 is 0 Å². The Morgan fingerprint density at radius 1 is 1.22 bits per heavy atom. The molecular weight excluding hydrogens is 320 g/mol. The monoisotopic (exact) mass is 336 g/mol. The number of anilines is 1. The fourth-order valence-corrected chi connectivity index (χ4v) is 3.60. The number of hydrogen-bond donors (Lipinski definition) is 1. The summed E-state index contributed by atoms with van der Waals surface area (Å²) in [4.78, 5) is 10.1. The first kappa shape index (κ1) is 16.8. The Hall–Kier alpha value is -2.61. The lowest BCUT2D eigenvalue weighted by molar-refractivity contribution is -0.387. The highest BCUT2D eigenvalue weighted by Gasteiger charge is 2.27. The molecule has 0 aliphatic rings. The molecule has 2 aromatic carbocycles. The zero-order valence-electron chi connectivity index (χ0n) is 12.6. The van der Waals surface area contributed by atoms with E-state index < -0.39 is 20.6 Å². The Morgan fingerprint density at radius 2 is 1.91 bits per heavy atom. The number of aryl methyl sites for hydroxylation is 1. The second-order valence-electron chi connectivity index (χ2n) is 4.75. The van der Waals surface area contributed by atoms with Crippen molar-refractivity contribution < 1.29 is 18.1 Å². The molecule has 0 saturated heterocycles. The number of sulfonamides is 1. The third-order valence-electron chi connectivity index (χ3n) is 3.05. The first-order valence-corrected chi connectivity index (χ1v) is 8.33. The van der Waals surface area contributed by atoms with E-state index in [2.05, 4.69) is 4.72 Å². The van der Waals surface area contributed by atoms with Crippen molar-refractivity contribution in [3.05, 3.63) is 58.1 Å². The number of nitrogens with zero attached hydrogens (tertiary/aromatic N) is 1. The number of rotatable bonds is 6. The van der Waals surface area contributed by atoms with Crippen LogP contribution >= 0.6 is 0 Å². The molecule has 0 aromatic heterocycles. The summed E-state index contributed by atoms with van der Waals surface area (Å²) in [5.41, 5.74) is 0.111. The Labute approximate surface area is 134 Å². The molecule has 2 aromatic rings. The molecule has 7 nitrogen and oxygen atoms in total. The first-order valence-electron chi connectivity index (χ1n) is 6.85. The van der Waals surface area contributed by atoms with E-state index in [0.717, 1.165) is 6.07 Å². The van der Waals surface area contributed by atoms with Gasteiger partial charge in [0.05, 0.1) is 17.2 Å². The van der Waals surface area contributed by atoms with Crippen molar-refractivity contribution in [3.8, 4) is 5.75 Å². The molecule has 0 aliphatic carbocycles. The van der Waals surface area contributed by atoms with Gasteiger partial charge in [0.25, 0.3) is 15.7 Å². The fourth-order valence-electron chi connectivity index (χ4n) is 2.15. The molecule has 0 heterocycles. The lowest BCUT2D eigenvalue weighted by atomic mass is 10.2. The molecule has 0 fully saturated rings. The maximum atomic E-state index is 12.6. The highest BCUT2D eigenvalue weighted by molar-refractivity contribution is 7.93. The number of nitro benzene ring substituents is 1. The van der Waals surface area contributed by atoms with Crippen LogP contribution in [0.2, 0.25) is 0 Å². The molecule has 0 saturated carbocycles. The molecule has 0 radical (unpaired) electrons. The molecule has 0 atom stereocenters. The summed E-state index contributed by atoms with van der Waals surface area (Å²) in [5.74, 6) is 0.506. The second kappa shape index (κ2) is 6.66. The Bertz CT molecular complexity index is 834. The van der Waals surface area contributed by atoms with E-state index in [1.807, 2.05) is 6.92 Å². The molecule has 2 rings (SSSR count). The highest BCUT2D eigenvalue weighted by atomic mass is 32.2. The summed E-state index contributed by atoms with van der Waals surface area (Å²) < 4.78 is 32.8. The summed E-state index contributed by atoms with van der Waals surface area (Å²) in [6, 6.07) is 10.5. The van der Waals surface area contributed by atoms with Gasteiger partial charge in [-0.1, -0.05) is 18.2 Å². The predicted octanol–water partition coefficient (Wildman–Crippen LogP) is 3.10. The molecule has 0 aliphatic heterocycles. The number of ether oxygens (including phenoxy) is 1. The van der Waals surface area contributed by atoms with Gasteiger partial charge >= 0.3 is 0 Å². The highest BCUT2D eigenvalue weighted by Crippen LogP contribution is 2.29. The van der Waals surface area contributed by atoms with Crippen LogP contribution in [0.25, 0.3) is 0 Å². The quantitative estimate of drug-likeness (QED) is 0.645. The molecule has 122 valence electrons. The van der Waals surface area contributed by atoms with E-state index in [4.69, 9.17) is 4.74 Å². The molecule has 1 N–H and O–H groups in total. The van der Waals surface area contributed by atoms with Crippen LogP contribution in [0, 0.1) is 17.0 Å². The van der Waals surface area contributed by atoms with Gasteiger partial charge in [-0.15, -0.1) is 0 Å². The van der Waals surface area contributed by atoms with Crippen LogP contribution in [0.5, 0.6) is 5.75 Å². The van der Waals surface area contributed by atoms with Crippen LogP contribution < -0.4 is 9.46 Å². The molecule has 0 spiro atoms. The standard InChI is InChI=1S/C15H16N2O5S/c1-3-22-13-8-5-7-12(10-13)16-23(20,21)15-11(2)6-4-9-14(15)17(18)19/h4-10,16H,3H2,1-2H3. The minimum absolute atomic E-state index is 0.272. The normalized spacial score (nSPS) is 11.0. The van der Waals surface area contributed by atoms with Gasteiger partial charge in [0.2, 0.25) is 0 Å². The van der Waals surface area contributed by atoms with Gasteiger partial charge in [-0.3, -0.25) is 14.8 Å². The maximum Gasteiger partial charge on any atom is 0.290 e. The summed E-state index contributed by atoms with van der Waals surface area (Å²) in [6.07, 6.45) is 0. The lowest BCUT2D eigenvalue weighted by Crippen LogP contribution is -2.16. The van der Waals surface area contributed by atoms with Crippen LogP contribution in [0.15, 0.2) is 47.4 Å². The zero-order valence-corrected chi connectivity index (χ0v) is 13.5. The molecule has 8 heteroatoms. The number of hydrogen-bond acceptors (Lipinski definition) is 5. The zero-order chi connectivity index (χ0) is 17.0. The Balaban J connectivity index is 2.44. The third kappa shape index (κ3) is 3.78. The lowest BCUT2D eigenvalue weighted by Gasteiger charge is -2.11. The van der Waals surface area contributed by atoms with Crippen molar-refractivity contribution in [1.82, 2.24) is 0 Å². The van der Waals surface area contributed by atoms with Crippen LogP contribution in [-0.2, 0) is 10.0 Å². The van der Waals surface area contributed by atoms with E-state index in [9.17, 15) is 18.5 Å². The van der Waals surface area contributed by atoms with Crippen molar-refractivity contribution in [1.29, 1.82) is 0 Å². The van der Waals surface area contributed by atoms with Gasteiger partial charge in [-0.25, -0.2) is 8.42 Å². The van der Waals surface area contributed by atoms with Crippen molar-refractivity contribution >= 4 is 21.4 Å². The fraction of sp³-hybridized carbons (Fsp3) is 0.200. The maximum absolute atomic E-state index is 12.6. The topological polar surface area (TPSA) is 98.5 Å². The van der Waals surface area contributed by atoms with Gasteiger partial charge in [0.1, 0.15) is 5.75 Å². The van der Waals surface area contributed by atoms with Crippen molar-refractivity contribution in [2.75, 3.05) is 11.3 Å². The molecule has 0 unspecified atom stereocenters. The number of nitrogens with one attached hydrogen (secondary N) is 1. The van der Waals surface area contributed by atoms with Crippen molar-refractivity contribution in [3.63, 3.8) is 0 Å². The van der Waals surface area contributed by atoms with Crippen LogP contribution in [0.3, 0.4) is 0 Å². The molecule has 0 bridgehead atoms. The van der Waals surface area contributed by atoms with Gasteiger partial charge in [-0.2, -0.15) is 0 Å². The third-order valence-corrected chi connectivity index (χ3v) is 4.63. The number of nitro groups is 1. The van der Waals surface area contributed by atoms with Crippen molar-refractivity contribution in [2.24, 2.45) is 0 Å². The Kier molecular flexibility index (Phi) is 4.85. The van der Waals surface area contributed by atoms with Crippen LogP contribution in [-0.4, -0.2) is 19.9 Å². The average molecular weight is 336 g/mol. The minimum atomic E-state index is -4.10. The van der Waals surface area contributed by atoms with Gasteiger partial charge in [0.15, 0.2) is 4.90 Å². The van der Waals surface area contributed by atoms with E-state index in [1.54, 1.807) is 18.2 Å². The van der Waals surface area contributed by atoms with E-state index in [1.165, 1.54) is 25.1 Å². The van der Waals surface area contributed by atoms with Gasteiger partial charge in [0, 0.05) is 12.1 Å². The predicted molar refractivity (Wildman–Crippen MR) is 86.3 cm³/mol. The van der Waals surface area contributed by atoms with E-state index in [0.29, 0.717) is 17.9 Å². The molecule has 23 heavy (non-hydrogen) atoms. The largest absolute Gasteiger partial charge is 0.494 e. The Morgan fingerprint density at radius 3 is 2.57 bits per heavy atom. The van der Waals surface area contributed by atoms with Gasteiger partial charge < -0.3 is 4.74 Å². The first-order chi connectivity index (χ1) is 10.8. The van der Waals surface area contributed by atoms with Crippen LogP contribution in [0.1, 0.15) is 12.5 Å². The summed E-state index contributed by atoms with van der Waals surface area (Å²) in [5, 5.41) is 11.1. The second-order valence-corrected chi connectivity index (χ2v) is 6.37. The average Bonchev–Trinajstić information content (AvgIpc) is 2.46. The van der Waals surface area contributed by atoms with Gasteiger partial charge in [-0.05, 0) is 31.5 Å².